The van der Waals surface area contributed by atoms with Crippen molar-refractivity contribution in [2.75, 3.05) is 18.5 Å². The number of nitrogens with one attached hydrogen (secondary N) is 2. The van der Waals surface area contributed by atoms with Crippen molar-refractivity contribution in [3.05, 3.63) is 41.3 Å². The third kappa shape index (κ3) is 5.39. The summed E-state index contributed by atoms with van der Waals surface area (Å²) < 4.78 is 10.4. The third-order valence-electron chi connectivity index (χ3n) is 3.19. The smallest absolute Gasteiger partial charge is 0.257 e. The second-order valence-corrected chi connectivity index (χ2v) is 5.23. The van der Waals surface area contributed by atoms with E-state index in [1.807, 2.05) is 0 Å². The Kier molecular flexibility index (Phi) is 6.18. The number of benzene rings is 1. The van der Waals surface area contributed by atoms with Crippen LogP contribution in [0.15, 0.2) is 28.8 Å². The van der Waals surface area contributed by atoms with Gasteiger partial charge in [-0.3, -0.25) is 9.59 Å². The average Bonchev–Trinajstić information content (AvgIpc) is 2.89. The molecule has 0 spiro atoms. The fraction of sp³-hybridized carbons (Fsp3) is 0.278. The molecular weight excluding hydrogens is 322 g/mol. The van der Waals surface area contributed by atoms with Crippen LogP contribution in [0.2, 0.25) is 0 Å². The molecule has 0 bridgehead atoms. The van der Waals surface area contributed by atoms with Gasteiger partial charge in [0.25, 0.3) is 5.91 Å². The molecule has 2 aromatic rings. The Hall–Kier alpha value is -3.27. The summed E-state index contributed by atoms with van der Waals surface area (Å²) >= 11 is 0. The molecule has 0 radical (unpaired) electrons. The summed E-state index contributed by atoms with van der Waals surface area (Å²) in [5.41, 5.74) is 1.64. The molecule has 2 amide bonds. The number of carbonyl (C=O) groups is 2. The van der Waals surface area contributed by atoms with Gasteiger partial charge in [0.15, 0.2) is 0 Å². The van der Waals surface area contributed by atoms with Crippen molar-refractivity contribution < 1.29 is 18.8 Å². The lowest BCUT2D eigenvalue weighted by molar-refractivity contribution is -0.114. The highest BCUT2D eigenvalue weighted by Gasteiger charge is 2.16. The Labute approximate surface area is 145 Å². The Morgan fingerprint density at radius 3 is 2.76 bits per heavy atom. The van der Waals surface area contributed by atoms with Crippen LogP contribution in [0, 0.1) is 25.7 Å². The third-order valence-corrected chi connectivity index (χ3v) is 3.19. The lowest BCUT2D eigenvalue weighted by Crippen LogP contribution is -2.24. The molecule has 0 saturated carbocycles. The standard InChI is InChI=1S/C18H19N3O4/c1-12-17(13(2)25-21-12)18(23)19-9-4-5-10-24-16-8-6-7-15(11-16)20-14(3)22/h6-8,11H,9-10H2,1-3H3,(H,19,23)(H,20,22). The highest BCUT2D eigenvalue weighted by Crippen LogP contribution is 2.17. The summed E-state index contributed by atoms with van der Waals surface area (Å²) in [5.74, 6) is 6.28. The predicted molar refractivity (Wildman–Crippen MR) is 92.3 cm³/mol. The van der Waals surface area contributed by atoms with Crippen LogP contribution in [-0.4, -0.2) is 30.1 Å². The van der Waals surface area contributed by atoms with Crippen molar-refractivity contribution >= 4 is 17.5 Å². The SMILES string of the molecule is CC(=O)Nc1cccc(OCC#CCNC(=O)c2c(C)noc2C)c1. The van der Waals surface area contributed by atoms with E-state index in [9.17, 15) is 9.59 Å². The number of amides is 2. The number of aromatic nitrogens is 1. The fourth-order valence-corrected chi connectivity index (χ4v) is 2.12. The van der Waals surface area contributed by atoms with Crippen molar-refractivity contribution in [3.63, 3.8) is 0 Å². The van der Waals surface area contributed by atoms with Crippen LogP contribution in [0.3, 0.4) is 0 Å². The minimum atomic E-state index is -0.269. The van der Waals surface area contributed by atoms with Crippen LogP contribution < -0.4 is 15.4 Å². The normalized spacial score (nSPS) is 9.72. The molecule has 130 valence electrons. The topological polar surface area (TPSA) is 93.5 Å². The minimum Gasteiger partial charge on any atom is -0.481 e. The summed E-state index contributed by atoms with van der Waals surface area (Å²) in [7, 11) is 0. The maximum Gasteiger partial charge on any atom is 0.257 e. The summed E-state index contributed by atoms with van der Waals surface area (Å²) in [6, 6.07) is 7.02. The van der Waals surface area contributed by atoms with E-state index in [-0.39, 0.29) is 25.0 Å². The molecule has 1 heterocycles. The average molecular weight is 341 g/mol. The first-order chi connectivity index (χ1) is 12.0. The van der Waals surface area contributed by atoms with E-state index >= 15 is 0 Å². The molecule has 25 heavy (non-hydrogen) atoms. The second-order valence-electron chi connectivity index (χ2n) is 5.23. The number of aryl methyl sites for hydroxylation is 2. The fourth-order valence-electron chi connectivity index (χ4n) is 2.12. The van der Waals surface area contributed by atoms with Crippen LogP contribution in [-0.2, 0) is 4.79 Å². The van der Waals surface area contributed by atoms with E-state index in [0.717, 1.165) is 0 Å². The van der Waals surface area contributed by atoms with Gasteiger partial charge in [-0.05, 0) is 26.0 Å². The van der Waals surface area contributed by atoms with Gasteiger partial charge in [-0.25, -0.2) is 0 Å². The largest absolute Gasteiger partial charge is 0.481 e. The van der Waals surface area contributed by atoms with E-state index < -0.39 is 0 Å². The monoisotopic (exact) mass is 341 g/mol. The summed E-state index contributed by atoms with van der Waals surface area (Å²) in [5, 5.41) is 9.09. The van der Waals surface area contributed by atoms with Crippen molar-refractivity contribution in [1.29, 1.82) is 0 Å². The zero-order chi connectivity index (χ0) is 18.2. The Morgan fingerprint density at radius 1 is 1.28 bits per heavy atom. The molecule has 0 aliphatic rings. The first-order valence-corrected chi connectivity index (χ1v) is 7.64. The first-order valence-electron chi connectivity index (χ1n) is 7.64. The number of rotatable bonds is 5. The zero-order valence-electron chi connectivity index (χ0n) is 14.3. The second kappa shape index (κ2) is 8.55. The molecule has 2 rings (SSSR count). The van der Waals surface area contributed by atoms with Crippen LogP contribution >= 0.6 is 0 Å². The molecule has 0 saturated heterocycles. The highest BCUT2D eigenvalue weighted by molar-refractivity contribution is 5.96. The number of anilines is 1. The van der Waals surface area contributed by atoms with Crippen molar-refractivity contribution in [2.24, 2.45) is 0 Å². The summed E-state index contributed by atoms with van der Waals surface area (Å²) in [4.78, 5) is 23.0. The van der Waals surface area contributed by atoms with Crippen LogP contribution in [0.4, 0.5) is 5.69 Å². The van der Waals surface area contributed by atoms with Gasteiger partial charge in [0, 0.05) is 18.7 Å². The number of ether oxygens (including phenoxy) is 1. The molecule has 1 aromatic heterocycles. The Bertz CT molecular complexity index is 811. The van der Waals surface area contributed by atoms with Crippen molar-refractivity contribution in [3.8, 4) is 17.6 Å². The molecule has 0 fully saturated rings. The molecule has 1 aromatic carbocycles. The predicted octanol–water partition coefficient (Wildman–Crippen LogP) is 2.06. The molecular formula is C18H19N3O4. The molecule has 0 aliphatic carbocycles. The van der Waals surface area contributed by atoms with Gasteiger partial charge in [-0.1, -0.05) is 23.1 Å². The van der Waals surface area contributed by atoms with Gasteiger partial charge in [0.05, 0.1) is 12.2 Å². The highest BCUT2D eigenvalue weighted by atomic mass is 16.5. The molecule has 0 aliphatic heterocycles. The van der Waals surface area contributed by atoms with Crippen molar-refractivity contribution in [1.82, 2.24) is 10.5 Å². The number of hydrogen-bond acceptors (Lipinski definition) is 5. The lowest BCUT2D eigenvalue weighted by atomic mass is 10.2. The van der Waals surface area contributed by atoms with Gasteiger partial charge < -0.3 is 19.9 Å². The number of hydrogen-bond donors (Lipinski definition) is 2. The van der Waals surface area contributed by atoms with E-state index in [4.69, 9.17) is 9.26 Å². The van der Waals surface area contributed by atoms with Gasteiger partial charge in [-0.2, -0.15) is 0 Å². The number of carbonyl (C=O) groups excluding carboxylic acids is 2. The summed E-state index contributed by atoms with van der Waals surface area (Å²) in [6.07, 6.45) is 0. The van der Waals surface area contributed by atoms with Gasteiger partial charge in [-0.15, -0.1) is 0 Å². The first kappa shape index (κ1) is 18.1. The van der Waals surface area contributed by atoms with Gasteiger partial charge in [0.2, 0.25) is 5.91 Å². The minimum absolute atomic E-state index is 0.147. The summed E-state index contributed by atoms with van der Waals surface area (Å²) in [6.45, 7) is 5.20. The quantitative estimate of drug-likeness (QED) is 0.812. The van der Waals surface area contributed by atoms with Crippen LogP contribution in [0.25, 0.3) is 0 Å². The maximum absolute atomic E-state index is 12.0. The molecule has 7 nitrogen and oxygen atoms in total. The Morgan fingerprint density at radius 2 is 2.08 bits per heavy atom. The lowest BCUT2D eigenvalue weighted by Gasteiger charge is -2.05. The van der Waals surface area contributed by atoms with E-state index in [1.165, 1.54) is 6.92 Å². The van der Waals surface area contributed by atoms with E-state index in [2.05, 4.69) is 27.6 Å². The van der Waals surface area contributed by atoms with E-state index in [1.54, 1.807) is 38.1 Å². The maximum atomic E-state index is 12.0. The van der Waals surface area contributed by atoms with E-state index in [0.29, 0.717) is 28.5 Å². The molecule has 0 atom stereocenters. The van der Waals surface area contributed by atoms with Crippen molar-refractivity contribution in [2.45, 2.75) is 20.8 Å². The number of nitrogens with zero attached hydrogens (tertiary/aromatic N) is 1. The van der Waals surface area contributed by atoms with Crippen LogP contribution in [0.5, 0.6) is 5.75 Å². The Balaban J connectivity index is 1.78. The molecule has 7 heteroatoms. The van der Waals surface area contributed by atoms with Gasteiger partial charge >= 0.3 is 0 Å². The zero-order valence-corrected chi connectivity index (χ0v) is 14.3. The molecule has 0 unspecified atom stereocenters. The molecule has 2 N–H and O–H groups in total. The van der Waals surface area contributed by atoms with Crippen LogP contribution in [0.1, 0.15) is 28.7 Å². The van der Waals surface area contributed by atoms with Gasteiger partial charge in [0.1, 0.15) is 23.7 Å².